The van der Waals surface area contributed by atoms with Crippen molar-refractivity contribution >= 4 is 0 Å². The molecular formula is C16H18FNO. The van der Waals surface area contributed by atoms with E-state index in [1.54, 1.807) is 6.07 Å². The molecule has 0 fully saturated rings. The Bertz CT molecular complexity index is 542. The molecule has 0 aliphatic heterocycles. The predicted molar refractivity (Wildman–Crippen MR) is 74.7 cm³/mol. The van der Waals surface area contributed by atoms with Gasteiger partial charge in [-0.3, -0.25) is 0 Å². The highest BCUT2D eigenvalue weighted by molar-refractivity contribution is 5.33. The zero-order valence-corrected chi connectivity index (χ0v) is 11.1. The van der Waals surface area contributed by atoms with Crippen molar-refractivity contribution in [3.05, 3.63) is 65.5 Å². The van der Waals surface area contributed by atoms with Crippen LogP contribution in [0.4, 0.5) is 4.39 Å². The summed E-state index contributed by atoms with van der Waals surface area (Å²) in [5.41, 5.74) is 8.14. The average molecular weight is 259 g/mol. The molecular weight excluding hydrogens is 241 g/mol. The molecule has 0 saturated heterocycles. The average Bonchev–Trinajstić information content (AvgIpc) is 2.46. The molecule has 2 unspecified atom stereocenters. The van der Waals surface area contributed by atoms with Gasteiger partial charge in [0.1, 0.15) is 0 Å². The summed E-state index contributed by atoms with van der Waals surface area (Å²) >= 11 is 0. The number of hydrogen-bond donors (Lipinski definition) is 1. The molecule has 3 heteroatoms. The molecule has 0 bridgehead atoms. The van der Waals surface area contributed by atoms with Crippen LogP contribution in [0.3, 0.4) is 0 Å². The van der Waals surface area contributed by atoms with E-state index in [1.807, 2.05) is 43.3 Å². The summed E-state index contributed by atoms with van der Waals surface area (Å²) < 4.78 is 18.6. The number of benzene rings is 2. The summed E-state index contributed by atoms with van der Waals surface area (Å²) in [6.07, 6.45) is 0. The molecule has 0 aliphatic carbocycles. The molecule has 2 aromatic carbocycles. The molecule has 2 aromatic rings. The van der Waals surface area contributed by atoms with Crippen molar-refractivity contribution in [2.75, 3.05) is 7.11 Å². The van der Waals surface area contributed by atoms with Crippen molar-refractivity contribution in [1.82, 2.24) is 0 Å². The second-order valence-electron chi connectivity index (χ2n) is 4.62. The van der Waals surface area contributed by atoms with Gasteiger partial charge in [0.05, 0.1) is 7.11 Å². The third kappa shape index (κ3) is 2.93. The molecule has 0 aromatic heterocycles. The minimum atomic E-state index is -0.379. The van der Waals surface area contributed by atoms with Crippen molar-refractivity contribution in [2.45, 2.75) is 18.9 Å². The van der Waals surface area contributed by atoms with Crippen LogP contribution in [0.5, 0.6) is 5.75 Å². The van der Waals surface area contributed by atoms with Crippen LogP contribution in [0.2, 0.25) is 0 Å². The highest BCUT2D eigenvalue weighted by Gasteiger charge is 2.18. The maximum Gasteiger partial charge on any atom is 0.165 e. The number of ether oxygens (including phenoxy) is 1. The van der Waals surface area contributed by atoms with E-state index in [0.717, 1.165) is 11.1 Å². The van der Waals surface area contributed by atoms with E-state index in [2.05, 4.69) is 0 Å². The first-order valence-electron chi connectivity index (χ1n) is 6.27. The maximum absolute atomic E-state index is 13.7. The van der Waals surface area contributed by atoms with Crippen LogP contribution in [-0.2, 0) is 0 Å². The number of nitrogens with two attached hydrogens (primary N) is 1. The van der Waals surface area contributed by atoms with Gasteiger partial charge in [-0.1, -0.05) is 43.3 Å². The van der Waals surface area contributed by atoms with Gasteiger partial charge in [0.25, 0.3) is 0 Å². The van der Waals surface area contributed by atoms with Crippen molar-refractivity contribution in [1.29, 1.82) is 0 Å². The Labute approximate surface area is 113 Å². The molecule has 0 radical (unpaired) electrons. The van der Waals surface area contributed by atoms with Crippen molar-refractivity contribution in [3.8, 4) is 5.75 Å². The molecule has 19 heavy (non-hydrogen) atoms. The molecule has 2 N–H and O–H groups in total. The largest absolute Gasteiger partial charge is 0.494 e. The summed E-state index contributed by atoms with van der Waals surface area (Å²) in [5, 5.41) is 0. The van der Waals surface area contributed by atoms with Crippen LogP contribution in [0.25, 0.3) is 0 Å². The van der Waals surface area contributed by atoms with Gasteiger partial charge in [-0.2, -0.15) is 0 Å². The summed E-state index contributed by atoms with van der Waals surface area (Å²) in [6, 6.07) is 14.6. The summed E-state index contributed by atoms with van der Waals surface area (Å²) in [6.45, 7) is 2.04. The zero-order valence-electron chi connectivity index (χ0n) is 11.1. The normalized spacial score (nSPS) is 13.9. The SMILES string of the molecule is COc1ccc(C(N)C(C)c2ccccc2)cc1F. The van der Waals surface area contributed by atoms with Crippen LogP contribution in [0.15, 0.2) is 48.5 Å². The Morgan fingerprint density at radius 3 is 2.32 bits per heavy atom. The fourth-order valence-corrected chi connectivity index (χ4v) is 2.14. The fraction of sp³-hybridized carbons (Fsp3) is 0.250. The quantitative estimate of drug-likeness (QED) is 0.909. The second-order valence-corrected chi connectivity index (χ2v) is 4.62. The smallest absolute Gasteiger partial charge is 0.165 e. The van der Waals surface area contributed by atoms with E-state index >= 15 is 0 Å². The van der Waals surface area contributed by atoms with Gasteiger partial charge in [-0.05, 0) is 23.3 Å². The summed E-state index contributed by atoms with van der Waals surface area (Å²) in [5.74, 6) is -0.0204. The lowest BCUT2D eigenvalue weighted by Crippen LogP contribution is -2.17. The Kier molecular flexibility index (Phi) is 4.17. The van der Waals surface area contributed by atoms with Crippen LogP contribution in [0, 0.1) is 5.82 Å². The van der Waals surface area contributed by atoms with Crippen molar-refractivity contribution in [2.24, 2.45) is 5.73 Å². The summed E-state index contributed by atoms with van der Waals surface area (Å²) in [4.78, 5) is 0. The van der Waals surface area contributed by atoms with Crippen LogP contribution >= 0.6 is 0 Å². The molecule has 2 nitrogen and oxygen atoms in total. The molecule has 0 saturated carbocycles. The van der Waals surface area contributed by atoms with E-state index in [-0.39, 0.29) is 23.5 Å². The van der Waals surface area contributed by atoms with Gasteiger partial charge < -0.3 is 10.5 Å². The third-order valence-electron chi connectivity index (χ3n) is 3.42. The number of hydrogen-bond acceptors (Lipinski definition) is 2. The lowest BCUT2D eigenvalue weighted by atomic mass is 9.89. The number of rotatable bonds is 4. The Hall–Kier alpha value is -1.87. The predicted octanol–water partition coefficient (Wildman–Crippen LogP) is 3.64. The molecule has 100 valence electrons. The van der Waals surface area contributed by atoms with E-state index in [4.69, 9.17) is 10.5 Å². The van der Waals surface area contributed by atoms with Crippen LogP contribution < -0.4 is 10.5 Å². The number of halogens is 1. The first-order chi connectivity index (χ1) is 9.13. The van der Waals surface area contributed by atoms with Crippen LogP contribution in [-0.4, -0.2) is 7.11 Å². The number of methoxy groups -OCH3 is 1. The molecule has 0 aliphatic rings. The van der Waals surface area contributed by atoms with Gasteiger partial charge in [0, 0.05) is 12.0 Å². The Morgan fingerprint density at radius 2 is 1.74 bits per heavy atom. The van der Waals surface area contributed by atoms with E-state index in [9.17, 15) is 4.39 Å². The fourth-order valence-electron chi connectivity index (χ4n) is 2.14. The molecule has 0 amide bonds. The van der Waals surface area contributed by atoms with Crippen LogP contribution in [0.1, 0.15) is 30.0 Å². The van der Waals surface area contributed by atoms with E-state index in [0.29, 0.717) is 0 Å². The minimum Gasteiger partial charge on any atom is -0.494 e. The molecule has 0 heterocycles. The highest BCUT2D eigenvalue weighted by Crippen LogP contribution is 2.30. The van der Waals surface area contributed by atoms with E-state index < -0.39 is 0 Å². The Balaban J connectivity index is 2.24. The highest BCUT2D eigenvalue weighted by atomic mass is 19.1. The zero-order chi connectivity index (χ0) is 13.8. The first kappa shape index (κ1) is 13.6. The standard InChI is InChI=1S/C16H18FNO/c1-11(12-6-4-3-5-7-12)16(18)13-8-9-15(19-2)14(17)10-13/h3-11,16H,18H2,1-2H3. The monoisotopic (exact) mass is 259 g/mol. The lowest BCUT2D eigenvalue weighted by Gasteiger charge is -2.21. The third-order valence-corrected chi connectivity index (χ3v) is 3.42. The summed E-state index contributed by atoms with van der Waals surface area (Å²) in [7, 11) is 1.45. The molecule has 0 spiro atoms. The van der Waals surface area contributed by atoms with Gasteiger partial charge in [-0.25, -0.2) is 4.39 Å². The van der Waals surface area contributed by atoms with Crippen molar-refractivity contribution < 1.29 is 9.13 Å². The van der Waals surface area contributed by atoms with Gasteiger partial charge in [0.15, 0.2) is 11.6 Å². The minimum absolute atomic E-state index is 0.119. The van der Waals surface area contributed by atoms with Crippen molar-refractivity contribution in [3.63, 3.8) is 0 Å². The molecule has 2 rings (SSSR count). The second kappa shape index (κ2) is 5.85. The lowest BCUT2D eigenvalue weighted by molar-refractivity contribution is 0.385. The van der Waals surface area contributed by atoms with Gasteiger partial charge in [-0.15, -0.1) is 0 Å². The van der Waals surface area contributed by atoms with Gasteiger partial charge in [0.2, 0.25) is 0 Å². The Morgan fingerprint density at radius 1 is 1.05 bits per heavy atom. The maximum atomic E-state index is 13.7. The van der Waals surface area contributed by atoms with Gasteiger partial charge >= 0.3 is 0 Å². The van der Waals surface area contributed by atoms with E-state index in [1.165, 1.54) is 13.2 Å². The first-order valence-corrected chi connectivity index (χ1v) is 6.27. The topological polar surface area (TPSA) is 35.2 Å². The molecule has 2 atom stereocenters.